The maximum Gasteiger partial charge on any atom is 0.326 e. The van der Waals surface area contributed by atoms with Crippen LogP contribution in [0.15, 0.2) is 60.7 Å². The van der Waals surface area contributed by atoms with Gasteiger partial charge in [-0.15, -0.1) is 0 Å². The van der Waals surface area contributed by atoms with Crippen molar-refractivity contribution in [3.05, 3.63) is 71.8 Å². The van der Waals surface area contributed by atoms with Crippen molar-refractivity contribution in [1.82, 2.24) is 10.6 Å². The maximum atomic E-state index is 11.8. The summed E-state index contributed by atoms with van der Waals surface area (Å²) in [5.41, 5.74) is 1.12. The number of thiocarbonyl (C=S) groups is 1. The maximum absolute atomic E-state index is 11.8. The van der Waals surface area contributed by atoms with Crippen LogP contribution in [0.4, 0.5) is 4.79 Å². The third-order valence-electron chi connectivity index (χ3n) is 2.53. The van der Waals surface area contributed by atoms with Crippen LogP contribution in [0.25, 0.3) is 0 Å². The highest BCUT2D eigenvalue weighted by atomic mass is 32.1. The average Bonchev–Trinajstić information content (AvgIpc) is 2.49. The van der Waals surface area contributed by atoms with Gasteiger partial charge in [0.05, 0.1) is 0 Å². The molecule has 2 N–H and O–H groups in total. The summed E-state index contributed by atoms with van der Waals surface area (Å²) < 4.78 is 0. The van der Waals surface area contributed by atoms with Crippen LogP contribution in [0.5, 0.6) is 0 Å². The number of nitrogens with one attached hydrogen (secondary N) is 2. The highest BCUT2D eigenvalue weighted by Crippen LogP contribution is 2.00. The van der Waals surface area contributed by atoms with E-state index in [9.17, 15) is 9.59 Å². The Morgan fingerprint density at radius 3 is 1.80 bits per heavy atom. The van der Waals surface area contributed by atoms with Crippen molar-refractivity contribution >= 4 is 29.1 Å². The van der Waals surface area contributed by atoms with Crippen molar-refractivity contribution in [3.63, 3.8) is 0 Å². The van der Waals surface area contributed by atoms with Crippen LogP contribution in [0, 0.1) is 0 Å². The minimum Gasteiger partial charge on any atom is -0.298 e. The van der Waals surface area contributed by atoms with E-state index in [2.05, 4.69) is 10.6 Å². The fourth-order valence-corrected chi connectivity index (χ4v) is 1.79. The fraction of sp³-hybridized carbons (Fsp3) is 0. The van der Waals surface area contributed by atoms with Crippen molar-refractivity contribution in [2.45, 2.75) is 0 Å². The largest absolute Gasteiger partial charge is 0.326 e. The van der Waals surface area contributed by atoms with Gasteiger partial charge in [-0.3, -0.25) is 15.4 Å². The third-order valence-corrected chi connectivity index (χ3v) is 2.86. The topological polar surface area (TPSA) is 58.2 Å². The molecule has 0 saturated heterocycles. The Kier molecular flexibility index (Phi) is 4.57. The lowest BCUT2D eigenvalue weighted by atomic mass is 10.2. The Morgan fingerprint density at radius 1 is 0.750 bits per heavy atom. The van der Waals surface area contributed by atoms with E-state index < -0.39 is 11.9 Å². The first kappa shape index (κ1) is 13.9. The summed E-state index contributed by atoms with van der Waals surface area (Å²) in [7, 11) is 0. The molecule has 0 spiro atoms. The zero-order chi connectivity index (χ0) is 14.4. The molecule has 2 aromatic carbocycles. The lowest BCUT2D eigenvalue weighted by Gasteiger charge is -2.07. The Morgan fingerprint density at radius 2 is 1.25 bits per heavy atom. The molecule has 20 heavy (non-hydrogen) atoms. The van der Waals surface area contributed by atoms with Gasteiger partial charge in [0.25, 0.3) is 5.91 Å². The predicted octanol–water partition coefficient (Wildman–Crippen LogP) is 2.50. The fourth-order valence-electron chi connectivity index (χ4n) is 1.56. The van der Waals surface area contributed by atoms with Gasteiger partial charge in [0.2, 0.25) is 0 Å². The van der Waals surface area contributed by atoms with Gasteiger partial charge in [0.1, 0.15) is 4.99 Å². The molecule has 3 amide bonds. The Hall–Kier alpha value is -2.53. The monoisotopic (exact) mass is 284 g/mol. The standard InChI is InChI=1S/C15H12N2O2S/c18-13(11-7-3-1-4-8-11)16-15(19)17-14(20)12-9-5-2-6-10-12/h1-10H,(H2,16,17,18,19,20). The smallest absolute Gasteiger partial charge is 0.298 e. The van der Waals surface area contributed by atoms with Gasteiger partial charge in [-0.2, -0.15) is 0 Å². The molecule has 0 fully saturated rings. The molecule has 0 saturated carbocycles. The van der Waals surface area contributed by atoms with Crippen LogP contribution in [0.2, 0.25) is 0 Å². The molecule has 4 nitrogen and oxygen atoms in total. The number of carbonyl (C=O) groups is 2. The van der Waals surface area contributed by atoms with Crippen LogP contribution in [-0.2, 0) is 0 Å². The molecule has 0 aliphatic rings. The molecular formula is C15H12N2O2S. The van der Waals surface area contributed by atoms with Crippen molar-refractivity contribution in [1.29, 1.82) is 0 Å². The van der Waals surface area contributed by atoms with Crippen molar-refractivity contribution in [2.75, 3.05) is 0 Å². The van der Waals surface area contributed by atoms with Gasteiger partial charge in [0, 0.05) is 11.1 Å². The minimum absolute atomic E-state index is 0.268. The van der Waals surface area contributed by atoms with E-state index in [-0.39, 0.29) is 4.99 Å². The van der Waals surface area contributed by atoms with Crippen LogP contribution >= 0.6 is 12.2 Å². The van der Waals surface area contributed by atoms with E-state index in [1.807, 2.05) is 18.2 Å². The average molecular weight is 284 g/mol. The van der Waals surface area contributed by atoms with Crippen LogP contribution in [0.1, 0.15) is 15.9 Å². The van der Waals surface area contributed by atoms with E-state index in [0.29, 0.717) is 11.1 Å². The Balaban J connectivity index is 1.93. The lowest BCUT2D eigenvalue weighted by Crippen LogP contribution is -2.42. The van der Waals surface area contributed by atoms with Crippen molar-refractivity contribution in [3.8, 4) is 0 Å². The highest BCUT2D eigenvalue weighted by molar-refractivity contribution is 7.80. The number of urea groups is 1. The number of hydrogen-bond acceptors (Lipinski definition) is 3. The Bertz CT molecular complexity index is 571. The van der Waals surface area contributed by atoms with Crippen molar-refractivity contribution < 1.29 is 9.59 Å². The first-order valence-electron chi connectivity index (χ1n) is 5.93. The summed E-state index contributed by atoms with van der Waals surface area (Å²) in [6.07, 6.45) is 0. The van der Waals surface area contributed by atoms with Gasteiger partial charge in [-0.1, -0.05) is 60.7 Å². The summed E-state index contributed by atoms with van der Waals surface area (Å²) in [6, 6.07) is 16.9. The van der Waals surface area contributed by atoms with E-state index in [4.69, 9.17) is 12.2 Å². The second-order valence-corrected chi connectivity index (χ2v) is 4.38. The normalized spacial score (nSPS) is 9.60. The lowest BCUT2D eigenvalue weighted by molar-refractivity contribution is 0.0965. The summed E-state index contributed by atoms with van der Waals surface area (Å²) in [4.78, 5) is 23.7. The van der Waals surface area contributed by atoms with Crippen LogP contribution < -0.4 is 10.6 Å². The predicted molar refractivity (Wildman–Crippen MR) is 80.6 cm³/mol. The van der Waals surface area contributed by atoms with E-state index >= 15 is 0 Å². The van der Waals surface area contributed by atoms with Gasteiger partial charge in [-0.25, -0.2) is 4.79 Å². The molecule has 100 valence electrons. The number of carbonyl (C=O) groups excluding carboxylic acids is 2. The zero-order valence-corrected chi connectivity index (χ0v) is 11.3. The quantitative estimate of drug-likeness (QED) is 0.833. The van der Waals surface area contributed by atoms with E-state index in [0.717, 1.165) is 0 Å². The zero-order valence-electron chi connectivity index (χ0n) is 10.5. The second kappa shape index (κ2) is 6.58. The molecule has 5 heteroatoms. The molecule has 0 radical (unpaired) electrons. The van der Waals surface area contributed by atoms with Crippen molar-refractivity contribution in [2.24, 2.45) is 0 Å². The van der Waals surface area contributed by atoms with Gasteiger partial charge in [0.15, 0.2) is 0 Å². The summed E-state index contributed by atoms with van der Waals surface area (Å²) >= 11 is 5.08. The molecule has 0 aromatic heterocycles. The summed E-state index contributed by atoms with van der Waals surface area (Å²) in [6.45, 7) is 0. The number of hydrogen-bond donors (Lipinski definition) is 2. The van der Waals surface area contributed by atoms with E-state index in [1.54, 1.807) is 42.5 Å². The number of benzene rings is 2. The molecule has 0 aliphatic carbocycles. The van der Waals surface area contributed by atoms with Gasteiger partial charge >= 0.3 is 6.03 Å². The molecule has 0 aliphatic heterocycles. The first-order valence-corrected chi connectivity index (χ1v) is 6.34. The summed E-state index contributed by atoms with van der Waals surface area (Å²) in [5.74, 6) is -0.473. The highest BCUT2D eigenvalue weighted by Gasteiger charge is 2.11. The minimum atomic E-state index is -0.646. The molecule has 0 heterocycles. The molecule has 2 rings (SSSR count). The first-order chi connectivity index (χ1) is 9.66. The Labute approximate surface area is 121 Å². The molecule has 0 atom stereocenters. The molecule has 0 bridgehead atoms. The molecular weight excluding hydrogens is 272 g/mol. The SMILES string of the molecule is O=C(NC(=O)c1ccccc1)NC(=S)c1ccccc1. The number of amides is 3. The van der Waals surface area contributed by atoms with Crippen LogP contribution in [-0.4, -0.2) is 16.9 Å². The summed E-state index contributed by atoms with van der Waals surface area (Å²) in [5, 5.41) is 4.68. The molecule has 2 aromatic rings. The molecule has 0 unspecified atom stereocenters. The van der Waals surface area contributed by atoms with Gasteiger partial charge in [-0.05, 0) is 12.1 Å². The third kappa shape index (κ3) is 3.73. The van der Waals surface area contributed by atoms with Gasteiger partial charge < -0.3 is 0 Å². The second-order valence-electron chi connectivity index (χ2n) is 3.97. The number of rotatable bonds is 2. The van der Waals surface area contributed by atoms with E-state index in [1.165, 1.54) is 0 Å². The number of imide groups is 1. The van der Waals surface area contributed by atoms with Crippen LogP contribution in [0.3, 0.4) is 0 Å².